The standard InChI is InChI=1S/C16H18F3N5O3/c1-8(2)13-22-21-12-4-3-9(5-24(12)13)20-15(27)23-6-10(14(25)26)11(7-23)16(17,18)19/h3-5,8,10-11H,6-7H2,1-2H3,(H,20,27)(H,25,26)/t10-,11-/m1/s1. The molecule has 1 saturated heterocycles. The van der Waals surface area contributed by atoms with Crippen LogP contribution in [0, 0.1) is 11.8 Å². The van der Waals surface area contributed by atoms with E-state index in [1.54, 1.807) is 22.7 Å². The second-order valence-electron chi connectivity index (χ2n) is 6.79. The number of carboxylic acid groups (broad SMARTS) is 1. The number of nitrogens with one attached hydrogen (secondary N) is 1. The molecule has 0 spiro atoms. The summed E-state index contributed by atoms with van der Waals surface area (Å²) in [6.45, 7) is 2.65. The van der Waals surface area contributed by atoms with Gasteiger partial charge in [-0.25, -0.2) is 4.79 Å². The Bertz CT molecular complexity index is 880. The van der Waals surface area contributed by atoms with Crippen LogP contribution in [0.15, 0.2) is 18.3 Å². The van der Waals surface area contributed by atoms with Crippen molar-refractivity contribution in [2.75, 3.05) is 18.4 Å². The van der Waals surface area contributed by atoms with Gasteiger partial charge in [0, 0.05) is 25.2 Å². The smallest absolute Gasteiger partial charge is 0.394 e. The van der Waals surface area contributed by atoms with Gasteiger partial charge in [-0.3, -0.25) is 9.20 Å². The maximum Gasteiger partial charge on any atom is 0.394 e. The largest absolute Gasteiger partial charge is 0.481 e. The molecular weight excluding hydrogens is 367 g/mol. The van der Waals surface area contributed by atoms with Crippen molar-refractivity contribution in [2.45, 2.75) is 25.9 Å². The monoisotopic (exact) mass is 385 g/mol. The van der Waals surface area contributed by atoms with E-state index in [1.165, 1.54) is 0 Å². The number of carbonyl (C=O) groups is 2. The number of fused-ring (bicyclic) bond motifs is 1. The third kappa shape index (κ3) is 3.67. The highest BCUT2D eigenvalue weighted by atomic mass is 19.4. The zero-order valence-corrected chi connectivity index (χ0v) is 14.6. The predicted octanol–water partition coefficient (Wildman–Crippen LogP) is 2.58. The van der Waals surface area contributed by atoms with Crippen LogP contribution in [0.1, 0.15) is 25.6 Å². The molecule has 0 aliphatic carbocycles. The molecule has 8 nitrogen and oxygen atoms in total. The van der Waals surface area contributed by atoms with Gasteiger partial charge in [-0.1, -0.05) is 13.8 Å². The van der Waals surface area contributed by atoms with Crippen molar-refractivity contribution < 1.29 is 27.9 Å². The summed E-state index contributed by atoms with van der Waals surface area (Å²) in [6.07, 6.45) is -3.11. The number of aromatic nitrogens is 3. The molecule has 146 valence electrons. The van der Waals surface area contributed by atoms with Gasteiger partial charge in [-0.05, 0) is 12.1 Å². The van der Waals surface area contributed by atoms with Crippen molar-refractivity contribution in [3.8, 4) is 0 Å². The molecule has 2 aromatic heterocycles. The summed E-state index contributed by atoms with van der Waals surface area (Å²) in [5.74, 6) is -4.59. The number of hydrogen-bond acceptors (Lipinski definition) is 4. The molecule has 0 unspecified atom stereocenters. The van der Waals surface area contributed by atoms with E-state index in [9.17, 15) is 22.8 Å². The van der Waals surface area contributed by atoms with Crippen LogP contribution in [0.2, 0.25) is 0 Å². The number of rotatable bonds is 3. The highest BCUT2D eigenvalue weighted by Gasteiger charge is 2.53. The van der Waals surface area contributed by atoms with Crippen LogP contribution >= 0.6 is 0 Å². The summed E-state index contributed by atoms with van der Waals surface area (Å²) in [4.78, 5) is 24.4. The number of carbonyl (C=O) groups excluding carboxylic acids is 1. The number of nitrogens with zero attached hydrogens (tertiary/aromatic N) is 4. The number of aliphatic carboxylic acids is 1. The Morgan fingerprint density at radius 2 is 1.96 bits per heavy atom. The van der Waals surface area contributed by atoms with Gasteiger partial charge in [0.25, 0.3) is 0 Å². The summed E-state index contributed by atoms with van der Waals surface area (Å²) < 4.78 is 40.8. The van der Waals surface area contributed by atoms with E-state index in [0.717, 1.165) is 4.90 Å². The zero-order valence-electron chi connectivity index (χ0n) is 14.6. The van der Waals surface area contributed by atoms with Crippen molar-refractivity contribution in [1.82, 2.24) is 19.5 Å². The van der Waals surface area contributed by atoms with Gasteiger partial charge in [0.2, 0.25) is 0 Å². The van der Waals surface area contributed by atoms with Crippen molar-refractivity contribution in [1.29, 1.82) is 0 Å². The molecule has 2 atom stereocenters. The number of carboxylic acids is 1. The lowest BCUT2D eigenvalue weighted by Gasteiger charge is -2.18. The average Bonchev–Trinajstić information content (AvgIpc) is 3.18. The molecule has 2 amide bonds. The topological polar surface area (TPSA) is 99.8 Å². The lowest BCUT2D eigenvalue weighted by atomic mass is 9.96. The second kappa shape index (κ2) is 6.71. The van der Waals surface area contributed by atoms with Crippen LogP contribution in [0.4, 0.5) is 23.7 Å². The van der Waals surface area contributed by atoms with E-state index in [4.69, 9.17) is 5.11 Å². The molecule has 1 aliphatic rings. The minimum atomic E-state index is -4.69. The summed E-state index contributed by atoms with van der Waals surface area (Å²) in [6, 6.07) is 2.39. The molecule has 3 rings (SSSR count). The van der Waals surface area contributed by atoms with Gasteiger partial charge in [0.05, 0.1) is 17.5 Å². The van der Waals surface area contributed by atoms with Crippen LogP contribution in [0.25, 0.3) is 5.65 Å². The Hall–Kier alpha value is -2.85. The quantitative estimate of drug-likeness (QED) is 0.846. The van der Waals surface area contributed by atoms with Crippen LogP contribution in [-0.2, 0) is 4.79 Å². The molecule has 2 aromatic rings. The Balaban J connectivity index is 1.78. The fourth-order valence-corrected chi connectivity index (χ4v) is 3.13. The highest BCUT2D eigenvalue weighted by Crippen LogP contribution is 2.37. The van der Waals surface area contributed by atoms with Crippen molar-refractivity contribution in [2.24, 2.45) is 11.8 Å². The molecule has 2 N–H and O–H groups in total. The van der Waals surface area contributed by atoms with Gasteiger partial charge in [0.1, 0.15) is 5.82 Å². The molecule has 11 heteroatoms. The second-order valence-corrected chi connectivity index (χ2v) is 6.79. The maximum absolute atomic E-state index is 13.1. The molecule has 27 heavy (non-hydrogen) atoms. The number of likely N-dealkylation sites (tertiary alicyclic amines) is 1. The van der Waals surface area contributed by atoms with Crippen LogP contribution < -0.4 is 5.32 Å². The minimum Gasteiger partial charge on any atom is -0.481 e. The number of amides is 2. The van der Waals surface area contributed by atoms with Gasteiger partial charge < -0.3 is 15.3 Å². The van der Waals surface area contributed by atoms with Crippen molar-refractivity contribution in [3.05, 3.63) is 24.2 Å². The Labute approximate surface area is 152 Å². The fraction of sp³-hybridized carbons (Fsp3) is 0.500. The third-order valence-corrected chi connectivity index (χ3v) is 4.54. The molecule has 0 bridgehead atoms. The van der Waals surface area contributed by atoms with E-state index in [0.29, 0.717) is 17.2 Å². The maximum atomic E-state index is 13.1. The normalized spacial score (nSPS) is 20.4. The Morgan fingerprint density at radius 1 is 1.26 bits per heavy atom. The molecule has 0 aromatic carbocycles. The average molecular weight is 385 g/mol. The lowest BCUT2D eigenvalue weighted by Crippen LogP contribution is -2.35. The van der Waals surface area contributed by atoms with Gasteiger partial charge in [0.15, 0.2) is 5.65 Å². The first kappa shape index (κ1) is 18.9. The van der Waals surface area contributed by atoms with E-state index < -0.39 is 43.1 Å². The van der Waals surface area contributed by atoms with Crippen molar-refractivity contribution in [3.63, 3.8) is 0 Å². The van der Waals surface area contributed by atoms with Crippen molar-refractivity contribution >= 4 is 23.3 Å². The number of halogens is 3. The molecule has 0 saturated carbocycles. The number of anilines is 1. The third-order valence-electron chi connectivity index (χ3n) is 4.54. The van der Waals surface area contributed by atoms with Gasteiger partial charge >= 0.3 is 18.2 Å². The first-order valence-corrected chi connectivity index (χ1v) is 8.28. The lowest BCUT2D eigenvalue weighted by molar-refractivity contribution is -0.187. The predicted molar refractivity (Wildman–Crippen MR) is 88.3 cm³/mol. The van der Waals surface area contributed by atoms with E-state index in [-0.39, 0.29) is 5.92 Å². The molecule has 3 heterocycles. The number of alkyl halides is 3. The molecule has 1 fully saturated rings. The summed E-state index contributed by atoms with van der Waals surface area (Å²) in [5, 5.41) is 19.6. The zero-order chi connectivity index (χ0) is 19.9. The first-order chi connectivity index (χ1) is 12.6. The van der Waals surface area contributed by atoms with Crippen LogP contribution in [-0.4, -0.2) is 55.9 Å². The Morgan fingerprint density at radius 3 is 2.52 bits per heavy atom. The molecule has 1 aliphatic heterocycles. The first-order valence-electron chi connectivity index (χ1n) is 8.28. The summed E-state index contributed by atoms with van der Waals surface area (Å²) in [7, 11) is 0. The van der Waals surface area contributed by atoms with Crippen LogP contribution in [0.3, 0.4) is 0 Å². The SMILES string of the molecule is CC(C)c1nnc2ccc(NC(=O)N3C[C@@H](C(F)(F)F)[C@H](C(=O)O)C3)cn12. The molecular formula is C16H18F3N5O3. The highest BCUT2D eigenvalue weighted by molar-refractivity contribution is 5.90. The Kier molecular flexibility index (Phi) is 4.70. The van der Waals surface area contributed by atoms with E-state index >= 15 is 0 Å². The summed E-state index contributed by atoms with van der Waals surface area (Å²) in [5.41, 5.74) is 0.914. The van der Waals surface area contributed by atoms with E-state index in [2.05, 4.69) is 15.5 Å². The number of pyridine rings is 1. The number of hydrogen-bond donors (Lipinski definition) is 2. The molecule has 0 radical (unpaired) electrons. The number of urea groups is 1. The van der Waals surface area contributed by atoms with Gasteiger partial charge in [-0.15, -0.1) is 10.2 Å². The fourth-order valence-electron chi connectivity index (χ4n) is 3.13. The summed E-state index contributed by atoms with van der Waals surface area (Å²) >= 11 is 0. The minimum absolute atomic E-state index is 0.0772. The van der Waals surface area contributed by atoms with Gasteiger partial charge in [-0.2, -0.15) is 13.2 Å². The van der Waals surface area contributed by atoms with E-state index in [1.807, 2.05) is 13.8 Å². The van der Waals surface area contributed by atoms with Crippen LogP contribution in [0.5, 0.6) is 0 Å².